The number of carbonyl (C=O) groups is 1. The van der Waals surface area contributed by atoms with Crippen LogP contribution in [-0.2, 0) is 14.6 Å². The van der Waals surface area contributed by atoms with Crippen LogP contribution in [0.15, 0.2) is 59.5 Å². The van der Waals surface area contributed by atoms with Crippen molar-refractivity contribution in [1.29, 1.82) is 0 Å². The van der Waals surface area contributed by atoms with Gasteiger partial charge in [-0.1, -0.05) is 36.4 Å². The highest BCUT2D eigenvalue weighted by Crippen LogP contribution is 2.33. The Hall–Kier alpha value is -2.18. The normalized spacial score (nSPS) is 16.9. The first kappa shape index (κ1) is 19.6. The molecule has 1 aliphatic rings. The fourth-order valence-corrected chi connectivity index (χ4v) is 4.36. The van der Waals surface area contributed by atoms with Crippen molar-refractivity contribution in [3.8, 4) is 0 Å². The Labute approximate surface area is 160 Å². The van der Waals surface area contributed by atoms with Crippen LogP contribution in [0.5, 0.6) is 0 Å². The molecule has 144 valence electrons. The van der Waals surface area contributed by atoms with Crippen LogP contribution in [0.4, 0.5) is 0 Å². The van der Waals surface area contributed by atoms with Gasteiger partial charge in [-0.15, -0.1) is 0 Å². The van der Waals surface area contributed by atoms with E-state index in [0.29, 0.717) is 24.6 Å². The van der Waals surface area contributed by atoms with Gasteiger partial charge in [-0.25, -0.2) is 8.42 Å². The van der Waals surface area contributed by atoms with Gasteiger partial charge in [0.25, 0.3) is 5.91 Å². The van der Waals surface area contributed by atoms with Gasteiger partial charge in [-0.3, -0.25) is 4.79 Å². The zero-order valence-corrected chi connectivity index (χ0v) is 16.5. The molecule has 3 rings (SSSR count). The summed E-state index contributed by atoms with van der Waals surface area (Å²) < 4.78 is 29.2. The predicted octanol–water partition coefficient (Wildman–Crippen LogP) is 3.33. The average molecular weight is 388 g/mol. The number of benzene rings is 2. The Balaban J connectivity index is 1.68. The number of amides is 1. The third kappa shape index (κ3) is 4.57. The molecule has 0 radical (unpaired) electrons. The van der Waals surface area contributed by atoms with Gasteiger partial charge in [0.15, 0.2) is 9.84 Å². The summed E-state index contributed by atoms with van der Waals surface area (Å²) in [4.78, 5) is 14.8. The van der Waals surface area contributed by atoms with E-state index in [1.807, 2.05) is 18.2 Å². The maximum absolute atomic E-state index is 12.8. The van der Waals surface area contributed by atoms with E-state index in [4.69, 9.17) is 4.74 Å². The second kappa shape index (κ2) is 8.23. The fourth-order valence-electron chi connectivity index (χ4n) is 3.69. The van der Waals surface area contributed by atoms with Gasteiger partial charge in [0.1, 0.15) is 0 Å². The molecule has 2 aromatic rings. The Bertz CT molecular complexity index is 887. The Kier molecular flexibility index (Phi) is 5.97. The highest BCUT2D eigenvalue weighted by atomic mass is 32.2. The number of carbonyl (C=O) groups excluding carboxylic acids is 1. The predicted molar refractivity (Wildman–Crippen MR) is 104 cm³/mol. The van der Waals surface area contributed by atoms with Crippen LogP contribution in [-0.4, -0.2) is 45.7 Å². The third-order valence-corrected chi connectivity index (χ3v) is 6.26. The van der Waals surface area contributed by atoms with Gasteiger partial charge in [-0.2, -0.15) is 0 Å². The lowest BCUT2D eigenvalue weighted by Gasteiger charge is -2.35. The van der Waals surface area contributed by atoms with Crippen LogP contribution in [0.2, 0.25) is 0 Å². The summed E-state index contributed by atoms with van der Waals surface area (Å²) in [5.74, 6) is 0.233. The van der Waals surface area contributed by atoms with Crippen LogP contribution >= 0.6 is 0 Å². The molecule has 0 saturated carbocycles. The molecule has 1 saturated heterocycles. The maximum atomic E-state index is 12.8. The minimum atomic E-state index is -3.33. The molecule has 1 fully saturated rings. The number of hydrogen-bond acceptors (Lipinski definition) is 4. The number of piperidine rings is 1. The first-order chi connectivity index (χ1) is 12.9. The molecule has 5 nitrogen and oxygen atoms in total. The van der Waals surface area contributed by atoms with Crippen molar-refractivity contribution in [3.05, 3.63) is 65.7 Å². The van der Waals surface area contributed by atoms with Crippen LogP contribution in [0.1, 0.15) is 34.9 Å². The number of rotatable bonds is 5. The summed E-state index contributed by atoms with van der Waals surface area (Å²) >= 11 is 0. The lowest BCUT2D eigenvalue weighted by molar-refractivity contribution is 0.0195. The second-order valence-electron chi connectivity index (χ2n) is 7.00. The molecular weight excluding hydrogens is 362 g/mol. The first-order valence-corrected chi connectivity index (χ1v) is 11.0. The van der Waals surface area contributed by atoms with Crippen molar-refractivity contribution in [2.24, 2.45) is 5.92 Å². The minimum absolute atomic E-state index is 0.0250. The van der Waals surface area contributed by atoms with Crippen LogP contribution in [0.3, 0.4) is 0 Å². The van der Waals surface area contributed by atoms with Crippen molar-refractivity contribution in [2.45, 2.75) is 23.8 Å². The van der Waals surface area contributed by atoms with E-state index in [2.05, 4.69) is 12.1 Å². The van der Waals surface area contributed by atoms with Crippen molar-refractivity contribution in [2.75, 3.05) is 26.5 Å². The molecule has 0 aliphatic carbocycles. The number of hydrogen-bond donors (Lipinski definition) is 0. The SMILES string of the molecule is COC(c1ccccc1)C1CCN(C(=O)c2cccc(S(C)(=O)=O)c2)CC1. The molecule has 0 bridgehead atoms. The lowest BCUT2D eigenvalue weighted by Crippen LogP contribution is -2.40. The number of nitrogens with zero attached hydrogens (tertiary/aromatic N) is 1. The van der Waals surface area contributed by atoms with Crippen LogP contribution < -0.4 is 0 Å². The van der Waals surface area contributed by atoms with E-state index in [0.717, 1.165) is 24.7 Å². The second-order valence-corrected chi connectivity index (χ2v) is 9.01. The standard InChI is InChI=1S/C21H25NO4S/c1-26-20(16-7-4-3-5-8-16)17-11-13-22(14-12-17)21(23)18-9-6-10-19(15-18)27(2,24)25/h3-10,15,17,20H,11-14H2,1-2H3. The summed E-state index contributed by atoms with van der Waals surface area (Å²) in [6, 6.07) is 16.4. The molecule has 1 aliphatic heterocycles. The van der Waals surface area contributed by atoms with Gasteiger partial charge in [0.05, 0.1) is 11.0 Å². The Morgan fingerprint density at radius 1 is 1.07 bits per heavy atom. The summed E-state index contributed by atoms with van der Waals surface area (Å²) in [6.45, 7) is 1.28. The van der Waals surface area contributed by atoms with Gasteiger partial charge < -0.3 is 9.64 Å². The van der Waals surface area contributed by atoms with Crippen molar-refractivity contribution in [1.82, 2.24) is 4.90 Å². The minimum Gasteiger partial charge on any atom is -0.376 e. The van der Waals surface area contributed by atoms with Gasteiger partial charge in [0, 0.05) is 32.0 Å². The maximum Gasteiger partial charge on any atom is 0.253 e. The smallest absolute Gasteiger partial charge is 0.253 e. The summed E-state index contributed by atoms with van der Waals surface area (Å²) in [5.41, 5.74) is 1.58. The molecule has 0 N–H and O–H groups in total. The Morgan fingerprint density at radius 3 is 2.33 bits per heavy atom. The lowest BCUT2D eigenvalue weighted by atomic mass is 9.87. The number of methoxy groups -OCH3 is 1. The van der Waals surface area contributed by atoms with Gasteiger partial charge in [-0.05, 0) is 42.5 Å². The molecule has 6 heteroatoms. The largest absolute Gasteiger partial charge is 0.376 e. The molecule has 1 unspecified atom stereocenters. The number of sulfone groups is 1. The van der Waals surface area contributed by atoms with E-state index in [1.165, 1.54) is 12.1 Å². The quantitative estimate of drug-likeness (QED) is 0.789. The molecule has 27 heavy (non-hydrogen) atoms. The highest BCUT2D eigenvalue weighted by molar-refractivity contribution is 7.90. The molecular formula is C21H25NO4S. The molecule has 1 heterocycles. The van der Waals surface area contributed by atoms with E-state index in [-0.39, 0.29) is 16.9 Å². The van der Waals surface area contributed by atoms with Crippen LogP contribution in [0, 0.1) is 5.92 Å². The number of ether oxygens (including phenoxy) is 1. The Morgan fingerprint density at radius 2 is 1.74 bits per heavy atom. The monoisotopic (exact) mass is 387 g/mol. The summed E-state index contributed by atoms with van der Waals surface area (Å²) in [5, 5.41) is 0. The fraction of sp³-hybridized carbons (Fsp3) is 0.381. The van der Waals surface area contributed by atoms with E-state index in [1.54, 1.807) is 24.1 Å². The van der Waals surface area contributed by atoms with E-state index in [9.17, 15) is 13.2 Å². The summed E-state index contributed by atoms with van der Waals surface area (Å²) in [7, 11) is -1.60. The first-order valence-electron chi connectivity index (χ1n) is 9.07. The molecule has 2 aromatic carbocycles. The molecule has 0 spiro atoms. The summed E-state index contributed by atoms with van der Waals surface area (Å²) in [6.07, 6.45) is 2.88. The van der Waals surface area contributed by atoms with Crippen LogP contribution in [0.25, 0.3) is 0 Å². The van der Waals surface area contributed by atoms with Crippen molar-refractivity contribution in [3.63, 3.8) is 0 Å². The van der Waals surface area contributed by atoms with E-state index >= 15 is 0 Å². The molecule has 1 amide bonds. The zero-order chi connectivity index (χ0) is 19.4. The average Bonchev–Trinajstić information content (AvgIpc) is 2.69. The van der Waals surface area contributed by atoms with Gasteiger partial charge in [0.2, 0.25) is 0 Å². The zero-order valence-electron chi connectivity index (χ0n) is 15.7. The van der Waals surface area contributed by atoms with E-state index < -0.39 is 9.84 Å². The topological polar surface area (TPSA) is 63.7 Å². The number of likely N-dealkylation sites (tertiary alicyclic amines) is 1. The van der Waals surface area contributed by atoms with Crippen molar-refractivity contribution >= 4 is 15.7 Å². The molecule has 0 aromatic heterocycles. The highest BCUT2D eigenvalue weighted by Gasteiger charge is 2.30. The van der Waals surface area contributed by atoms with Gasteiger partial charge >= 0.3 is 0 Å². The molecule has 1 atom stereocenters. The third-order valence-electron chi connectivity index (χ3n) is 5.15. The van der Waals surface area contributed by atoms with Crippen molar-refractivity contribution < 1.29 is 17.9 Å².